The zero-order chi connectivity index (χ0) is 18.9. The monoisotopic (exact) mass is 394 g/mol. The second-order valence-corrected chi connectivity index (χ2v) is 8.60. The van der Waals surface area contributed by atoms with Crippen molar-refractivity contribution in [1.29, 1.82) is 0 Å². The number of piperazine rings is 1. The van der Waals surface area contributed by atoms with Crippen molar-refractivity contribution in [1.82, 2.24) is 4.90 Å². The molecule has 5 heteroatoms. The van der Waals surface area contributed by atoms with Gasteiger partial charge in [-0.05, 0) is 40.4 Å². The van der Waals surface area contributed by atoms with Crippen molar-refractivity contribution in [2.45, 2.75) is 18.9 Å². The van der Waals surface area contributed by atoms with E-state index in [0.717, 1.165) is 63.5 Å². The van der Waals surface area contributed by atoms with Crippen molar-refractivity contribution in [3.05, 3.63) is 59.0 Å². The van der Waals surface area contributed by atoms with Crippen LogP contribution in [0.4, 0.5) is 5.69 Å². The molecule has 0 bridgehead atoms. The molecule has 1 unspecified atom stereocenters. The molecule has 0 amide bonds. The molecule has 1 N–H and O–H groups in total. The largest absolute Gasteiger partial charge is 0.491 e. The first kappa shape index (κ1) is 18.0. The molecule has 1 aromatic heterocycles. The Kier molecular flexibility index (Phi) is 4.97. The van der Waals surface area contributed by atoms with Crippen LogP contribution in [0.1, 0.15) is 23.7 Å². The fraction of sp³-hybridized carbons (Fsp3) is 0.391. The smallest absolute Gasteiger partial charge is 0.145 e. The second-order valence-electron chi connectivity index (χ2n) is 7.68. The van der Waals surface area contributed by atoms with E-state index in [0.29, 0.717) is 0 Å². The summed E-state index contributed by atoms with van der Waals surface area (Å²) in [7, 11) is 0. The van der Waals surface area contributed by atoms with Crippen LogP contribution in [0.25, 0.3) is 10.1 Å². The minimum absolute atomic E-state index is 0.389. The van der Waals surface area contributed by atoms with Gasteiger partial charge in [0.05, 0.1) is 18.4 Å². The van der Waals surface area contributed by atoms with Crippen molar-refractivity contribution in [2.24, 2.45) is 0 Å². The van der Waals surface area contributed by atoms with Gasteiger partial charge in [-0.15, -0.1) is 11.3 Å². The van der Waals surface area contributed by atoms with Crippen LogP contribution in [0, 0.1) is 0 Å². The van der Waals surface area contributed by atoms with Gasteiger partial charge in [-0.25, -0.2) is 0 Å². The Morgan fingerprint density at radius 3 is 2.79 bits per heavy atom. The molecule has 5 rings (SSSR count). The number of benzene rings is 2. The third kappa shape index (κ3) is 3.39. The van der Waals surface area contributed by atoms with Gasteiger partial charge in [0, 0.05) is 43.8 Å². The van der Waals surface area contributed by atoms with E-state index in [1.807, 2.05) is 0 Å². The number of nitrogens with zero attached hydrogens (tertiary/aromatic N) is 2. The predicted molar refractivity (Wildman–Crippen MR) is 116 cm³/mol. The molecule has 1 saturated heterocycles. The summed E-state index contributed by atoms with van der Waals surface area (Å²) < 4.78 is 7.13. The summed E-state index contributed by atoms with van der Waals surface area (Å²) in [4.78, 5) is 4.92. The molecule has 4 nitrogen and oxygen atoms in total. The maximum Gasteiger partial charge on any atom is 0.145 e. The Labute approximate surface area is 170 Å². The van der Waals surface area contributed by atoms with Crippen LogP contribution in [-0.4, -0.2) is 49.3 Å². The van der Waals surface area contributed by atoms with Crippen molar-refractivity contribution in [3.63, 3.8) is 0 Å². The van der Waals surface area contributed by atoms with Crippen LogP contribution >= 0.6 is 11.3 Å². The van der Waals surface area contributed by atoms with Crippen molar-refractivity contribution < 1.29 is 9.84 Å². The Balaban J connectivity index is 1.17. The minimum Gasteiger partial charge on any atom is -0.491 e. The number of aliphatic hydroxyl groups is 1. The quantitative estimate of drug-likeness (QED) is 0.707. The molecule has 3 heterocycles. The van der Waals surface area contributed by atoms with Gasteiger partial charge in [0.25, 0.3) is 0 Å². The van der Waals surface area contributed by atoms with Crippen LogP contribution in [0.5, 0.6) is 5.75 Å². The number of anilines is 1. The fourth-order valence-corrected chi connectivity index (χ4v) is 5.38. The van der Waals surface area contributed by atoms with E-state index in [-0.39, 0.29) is 6.10 Å². The molecular weight excluding hydrogens is 368 g/mol. The number of aliphatic hydroxyl groups excluding tert-OH is 1. The summed E-state index contributed by atoms with van der Waals surface area (Å²) in [6.45, 7) is 5.82. The first-order valence-electron chi connectivity index (χ1n) is 10.2. The normalized spacial score (nSPS) is 18.2. The molecule has 0 spiro atoms. The SMILES string of the molecule is OC(CCN1CCN(c2cccc3c2OCC3)CC1)c1csc2ccccc12. The second kappa shape index (κ2) is 7.74. The van der Waals surface area contributed by atoms with Gasteiger partial charge in [0.1, 0.15) is 5.75 Å². The van der Waals surface area contributed by atoms with Gasteiger partial charge >= 0.3 is 0 Å². The Hall–Kier alpha value is -2.08. The molecule has 1 atom stereocenters. The summed E-state index contributed by atoms with van der Waals surface area (Å²) >= 11 is 1.72. The molecule has 1 fully saturated rings. The lowest BCUT2D eigenvalue weighted by molar-refractivity contribution is 0.141. The molecule has 0 saturated carbocycles. The van der Waals surface area contributed by atoms with Gasteiger partial charge in [-0.2, -0.15) is 0 Å². The van der Waals surface area contributed by atoms with Gasteiger partial charge < -0.3 is 14.7 Å². The third-order valence-corrected chi connectivity index (χ3v) is 6.98. The number of rotatable bonds is 5. The molecule has 28 heavy (non-hydrogen) atoms. The maximum absolute atomic E-state index is 10.7. The predicted octanol–water partition coefficient (Wildman–Crippen LogP) is 4.08. The molecule has 0 aliphatic carbocycles. The molecule has 2 aromatic carbocycles. The highest BCUT2D eigenvalue weighted by molar-refractivity contribution is 7.17. The summed E-state index contributed by atoms with van der Waals surface area (Å²) in [5.74, 6) is 1.09. The number of ether oxygens (including phenoxy) is 1. The first-order valence-corrected chi connectivity index (χ1v) is 11.0. The van der Waals surface area contributed by atoms with E-state index in [2.05, 4.69) is 57.6 Å². The summed E-state index contributed by atoms with van der Waals surface area (Å²) in [6, 6.07) is 14.9. The van der Waals surface area contributed by atoms with Crippen LogP contribution in [0.2, 0.25) is 0 Å². The van der Waals surface area contributed by atoms with Crippen LogP contribution in [-0.2, 0) is 6.42 Å². The lowest BCUT2D eigenvalue weighted by Gasteiger charge is -2.36. The van der Waals surface area contributed by atoms with Crippen molar-refractivity contribution in [3.8, 4) is 5.75 Å². The van der Waals surface area contributed by atoms with Gasteiger partial charge in [0.2, 0.25) is 0 Å². The average molecular weight is 395 g/mol. The van der Waals surface area contributed by atoms with E-state index in [1.54, 1.807) is 11.3 Å². The Morgan fingerprint density at radius 1 is 1.04 bits per heavy atom. The standard InChI is InChI=1S/C23H26N2O2S/c26-21(19-16-28-22-7-2-1-5-18(19)22)8-10-24-11-13-25(14-12-24)20-6-3-4-17-9-15-27-23(17)20/h1-7,16,21,26H,8-15H2. The molecule has 146 valence electrons. The summed E-state index contributed by atoms with van der Waals surface area (Å²) in [5.41, 5.74) is 3.67. The van der Waals surface area contributed by atoms with Crippen LogP contribution in [0.15, 0.2) is 47.8 Å². The topological polar surface area (TPSA) is 35.9 Å². The maximum atomic E-state index is 10.7. The third-order valence-electron chi connectivity index (χ3n) is 6.00. The molecular formula is C23H26N2O2S. The minimum atomic E-state index is -0.389. The van der Waals surface area contributed by atoms with Crippen molar-refractivity contribution in [2.75, 3.05) is 44.2 Å². The molecule has 2 aliphatic heterocycles. The van der Waals surface area contributed by atoms with E-state index in [9.17, 15) is 5.11 Å². The van der Waals surface area contributed by atoms with E-state index in [4.69, 9.17) is 4.74 Å². The van der Waals surface area contributed by atoms with Crippen LogP contribution in [0.3, 0.4) is 0 Å². The zero-order valence-corrected chi connectivity index (χ0v) is 16.8. The zero-order valence-electron chi connectivity index (χ0n) is 16.0. The Bertz CT molecular complexity index is 962. The van der Waals surface area contributed by atoms with E-state index in [1.165, 1.54) is 21.3 Å². The summed E-state index contributed by atoms with van der Waals surface area (Å²) in [5, 5.41) is 14.0. The Morgan fingerprint density at radius 2 is 1.89 bits per heavy atom. The lowest BCUT2D eigenvalue weighted by Crippen LogP contribution is -2.46. The average Bonchev–Trinajstić information content (AvgIpc) is 3.39. The first-order chi connectivity index (χ1) is 13.8. The highest BCUT2D eigenvalue weighted by Gasteiger charge is 2.24. The van der Waals surface area contributed by atoms with Crippen molar-refractivity contribution >= 4 is 27.1 Å². The molecule has 3 aromatic rings. The van der Waals surface area contributed by atoms with E-state index < -0.39 is 0 Å². The number of hydrogen-bond acceptors (Lipinski definition) is 5. The number of thiophene rings is 1. The fourth-order valence-electron chi connectivity index (χ4n) is 4.38. The highest BCUT2D eigenvalue weighted by Crippen LogP contribution is 2.36. The number of para-hydroxylation sites is 1. The number of hydrogen-bond donors (Lipinski definition) is 1. The van der Waals surface area contributed by atoms with Gasteiger partial charge in [-0.1, -0.05) is 30.3 Å². The van der Waals surface area contributed by atoms with Gasteiger partial charge in [-0.3, -0.25) is 4.90 Å². The van der Waals surface area contributed by atoms with Crippen LogP contribution < -0.4 is 9.64 Å². The van der Waals surface area contributed by atoms with E-state index >= 15 is 0 Å². The molecule has 2 aliphatic rings. The van der Waals surface area contributed by atoms with Gasteiger partial charge in [0.15, 0.2) is 0 Å². The number of fused-ring (bicyclic) bond motifs is 2. The summed E-state index contributed by atoms with van der Waals surface area (Å²) in [6.07, 6.45) is 1.42. The lowest BCUT2D eigenvalue weighted by atomic mass is 10.1. The highest BCUT2D eigenvalue weighted by atomic mass is 32.1. The molecule has 0 radical (unpaired) electrons.